The molecule has 2 aliphatic rings. The largest absolute Gasteiger partial charge is 0.335 e. The van der Waals surface area contributed by atoms with Crippen LogP contribution in [0.2, 0.25) is 0 Å². The molecule has 0 atom stereocenters. The van der Waals surface area contributed by atoms with Crippen LogP contribution < -0.4 is 0 Å². The maximum atomic E-state index is 13.1. The number of rotatable bonds is 5. The SMILES string of the molecule is CC(C)c1ccc(CN2CCN(C(=O)c3cc(C4CC4)n(C(C)(C)C)n3)CC2)cc1. The van der Waals surface area contributed by atoms with Gasteiger partial charge in [0.1, 0.15) is 0 Å². The molecule has 30 heavy (non-hydrogen) atoms. The Morgan fingerprint density at radius 2 is 1.70 bits per heavy atom. The Morgan fingerprint density at radius 1 is 1.07 bits per heavy atom. The Hall–Kier alpha value is -2.14. The number of carbonyl (C=O) groups is 1. The van der Waals surface area contributed by atoms with Gasteiger partial charge in [-0.25, -0.2) is 0 Å². The second-order valence-corrected chi connectivity index (χ2v) is 10.3. The lowest BCUT2D eigenvalue weighted by Crippen LogP contribution is -2.48. The van der Waals surface area contributed by atoms with E-state index in [4.69, 9.17) is 5.10 Å². The first-order valence-corrected chi connectivity index (χ1v) is 11.4. The van der Waals surface area contributed by atoms with Gasteiger partial charge in [-0.2, -0.15) is 5.10 Å². The maximum absolute atomic E-state index is 13.1. The van der Waals surface area contributed by atoms with Crippen LogP contribution in [0, 0.1) is 0 Å². The summed E-state index contributed by atoms with van der Waals surface area (Å²) in [6, 6.07) is 11.0. The predicted octanol–water partition coefficient (Wildman–Crippen LogP) is 4.60. The molecule has 1 aromatic carbocycles. The van der Waals surface area contributed by atoms with Crippen molar-refractivity contribution in [1.29, 1.82) is 0 Å². The first-order valence-electron chi connectivity index (χ1n) is 11.4. The number of piperazine rings is 1. The Balaban J connectivity index is 1.36. The monoisotopic (exact) mass is 408 g/mol. The highest BCUT2D eigenvalue weighted by Gasteiger charge is 2.33. The fourth-order valence-corrected chi connectivity index (χ4v) is 4.24. The second kappa shape index (κ2) is 8.18. The van der Waals surface area contributed by atoms with Gasteiger partial charge in [0, 0.05) is 44.3 Å². The Kier molecular flexibility index (Phi) is 5.75. The lowest BCUT2D eigenvalue weighted by molar-refractivity contribution is 0.0621. The van der Waals surface area contributed by atoms with Gasteiger partial charge in [-0.1, -0.05) is 38.1 Å². The molecule has 2 fully saturated rings. The molecule has 1 aromatic heterocycles. The van der Waals surface area contributed by atoms with Crippen molar-refractivity contribution < 1.29 is 4.79 Å². The Bertz CT molecular complexity index is 879. The highest BCUT2D eigenvalue weighted by molar-refractivity contribution is 5.92. The number of benzene rings is 1. The topological polar surface area (TPSA) is 41.4 Å². The summed E-state index contributed by atoms with van der Waals surface area (Å²) < 4.78 is 2.08. The van der Waals surface area contributed by atoms with Crippen LogP contribution in [0.15, 0.2) is 30.3 Å². The summed E-state index contributed by atoms with van der Waals surface area (Å²) in [5, 5.41) is 4.74. The van der Waals surface area contributed by atoms with Gasteiger partial charge in [0.15, 0.2) is 5.69 Å². The molecule has 0 bridgehead atoms. The van der Waals surface area contributed by atoms with Crippen LogP contribution in [-0.2, 0) is 12.1 Å². The highest BCUT2D eigenvalue weighted by Crippen LogP contribution is 2.41. The molecule has 0 spiro atoms. The molecule has 0 radical (unpaired) electrons. The number of carbonyl (C=O) groups excluding carboxylic acids is 1. The van der Waals surface area contributed by atoms with Gasteiger partial charge in [0.2, 0.25) is 0 Å². The standard InChI is InChI=1S/C25H36N4O/c1-18(2)20-8-6-19(7-9-20)17-27-12-14-28(15-13-27)24(30)22-16-23(21-10-11-21)29(26-22)25(3,4)5/h6-9,16,18,21H,10-15,17H2,1-5H3. The summed E-state index contributed by atoms with van der Waals surface area (Å²) in [5.74, 6) is 1.23. The van der Waals surface area contributed by atoms with Crippen molar-refractivity contribution >= 4 is 5.91 Å². The lowest BCUT2D eigenvalue weighted by atomic mass is 10.0. The van der Waals surface area contributed by atoms with Gasteiger partial charge < -0.3 is 4.90 Å². The normalized spacial score (nSPS) is 18.3. The van der Waals surface area contributed by atoms with E-state index in [0.29, 0.717) is 17.5 Å². The Morgan fingerprint density at radius 3 is 2.23 bits per heavy atom. The summed E-state index contributed by atoms with van der Waals surface area (Å²) in [4.78, 5) is 17.6. The molecule has 162 valence electrons. The number of nitrogens with zero attached hydrogens (tertiary/aromatic N) is 4. The fraction of sp³-hybridized carbons (Fsp3) is 0.600. The molecule has 1 aliphatic carbocycles. The van der Waals surface area contributed by atoms with Gasteiger partial charge in [-0.05, 0) is 56.7 Å². The van der Waals surface area contributed by atoms with Crippen LogP contribution in [0.25, 0.3) is 0 Å². The molecule has 5 heteroatoms. The number of amides is 1. The third-order valence-electron chi connectivity index (χ3n) is 6.30. The second-order valence-electron chi connectivity index (χ2n) is 10.3. The van der Waals surface area contributed by atoms with Crippen molar-refractivity contribution in [2.75, 3.05) is 26.2 Å². The van der Waals surface area contributed by atoms with E-state index in [-0.39, 0.29) is 11.4 Å². The fourth-order valence-electron chi connectivity index (χ4n) is 4.24. The zero-order valence-corrected chi connectivity index (χ0v) is 19.2. The summed E-state index contributed by atoms with van der Waals surface area (Å²) in [7, 11) is 0. The minimum Gasteiger partial charge on any atom is -0.335 e. The van der Waals surface area contributed by atoms with E-state index in [2.05, 4.69) is 68.5 Å². The molecule has 1 saturated heterocycles. The average Bonchev–Trinajstić information content (AvgIpc) is 3.45. The molecule has 0 N–H and O–H groups in total. The minimum absolute atomic E-state index is 0.0841. The zero-order valence-electron chi connectivity index (χ0n) is 19.2. The van der Waals surface area contributed by atoms with Crippen LogP contribution >= 0.6 is 0 Å². The molecule has 1 saturated carbocycles. The van der Waals surface area contributed by atoms with Gasteiger partial charge in [-0.15, -0.1) is 0 Å². The van der Waals surface area contributed by atoms with Gasteiger partial charge in [-0.3, -0.25) is 14.4 Å². The quantitative estimate of drug-likeness (QED) is 0.726. The molecule has 4 rings (SSSR count). The molecule has 1 amide bonds. The van der Waals surface area contributed by atoms with Crippen molar-refractivity contribution in [1.82, 2.24) is 19.6 Å². The third kappa shape index (κ3) is 4.61. The number of hydrogen-bond donors (Lipinski definition) is 0. The third-order valence-corrected chi connectivity index (χ3v) is 6.30. The van der Waals surface area contributed by atoms with Crippen molar-refractivity contribution in [2.45, 2.75) is 71.4 Å². The average molecular weight is 409 g/mol. The molecule has 1 aliphatic heterocycles. The molecular formula is C25H36N4O. The summed E-state index contributed by atoms with van der Waals surface area (Å²) in [6.07, 6.45) is 2.43. The van der Waals surface area contributed by atoms with E-state index in [1.165, 1.54) is 29.7 Å². The smallest absolute Gasteiger partial charge is 0.274 e. The van der Waals surface area contributed by atoms with Crippen LogP contribution in [0.1, 0.15) is 86.6 Å². The van der Waals surface area contributed by atoms with E-state index < -0.39 is 0 Å². The molecule has 2 aromatic rings. The summed E-state index contributed by atoms with van der Waals surface area (Å²) in [5.41, 5.74) is 4.48. The van der Waals surface area contributed by atoms with Crippen molar-refractivity contribution in [3.05, 3.63) is 52.8 Å². The van der Waals surface area contributed by atoms with E-state index in [9.17, 15) is 4.79 Å². The van der Waals surface area contributed by atoms with Gasteiger partial charge in [0.05, 0.1) is 5.54 Å². The highest BCUT2D eigenvalue weighted by atomic mass is 16.2. The summed E-state index contributed by atoms with van der Waals surface area (Å²) in [6.45, 7) is 15.2. The first kappa shape index (κ1) is 21.1. The van der Waals surface area contributed by atoms with Crippen molar-refractivity contribution in [3.8, 4) is 0 Å². The zero-order chi connectivity index (χ0) is 21.5. The lowest BCUT2D eigenvalue weighted by Gasteiger charge is -2.34. The molecular weight excluding hydrogens is 372 g/mol. The van der Waals surface area contributed by atoms with E-state index in [1.54, 1.807) is 0 Å². The minimum atomic E-state index is -0.0970. The molecule has 0 unspecified atom stereocenters. The number of hydrogen-bond acceptors (Lipinski definition) is 3. The van der Waals surface area contributed by atoms with Crippen LogP contribution in [0.3, 0.4) is 0 Å². The van der Waals surface area contributed by atoms with Crippen LogP contribution in [0.5, 0.6) is 0 Å². The van der Waals surface area contributed by atoms with Crippen molar-refractivity contribution in [2.24, 2.45) is 0 Å². The Labute approximate surface area is 181 Å². The number of aromatic nitrogens is 2. The first-order chi connectivity index (χ1) is 14.2. The van der Waals surface area contributed by atoms with E-state index in [1.807, 2.05) is 11.0 Å². The summed E-state index contributed by atoms with van der Waals surface area (Å²) >= 11 is 0. The maximum Gasteiger partial charge on any atom is 0.274 e. The molecule has 5 nitrogen and oxygen atoms in total. The van der Waals surface area contributed by atoms with Gasteiger partial charge >= 0.3 is 0 Å². The predicted molar refractivity (Wildman–Crippen MR) is 121 cm³/mol. The van der Waals surface area contributed by atoms with Crippen LogP contribution in [0.4, 0.5) is 0 Å². The van der Waals surface area contributed by atoms with E-state index >= 15 is 0 Å². The van der Waals surface area contributed by atoms with E-state index in [0.717, 1.165) is 32.7 Å². The van der Waals surface area contributed by atoms with Crippen molar-refractivity contribution in [3.63, 3.8) is 0 Å². The van der Waals surface area contributed by atoms with Crippen LogP contribution in [-0.4, -0.2) is 51.7 Å². The van der Waals surface area contributed by atoms with Gasteiger partial charge in [0.25, 0.3) is 5.91 Å². The molecule has 2 heterocycles.